The lowest BCUT2D eigenvalue weighted by molar-refractivity contribution is -0.148. The SMILES string of the molecule is CC1(C(=O)N2CCCCC2CCC(=O)O)CCCCC1. The molecule has 0 aromatic heterocycles. The third-order valence-electron chi connectivity index (χ3n) is 5.05. The monoisotopic (exact) mass is 281 g/mol. The zero-order chi connectivity index (χ0) is 14.6. The first-order valence-corrected chi connectivity index (χ1v) is 8.06. The number of aliphatic carboxylic acids is 1. The van der Waals surface area contributed by atoms with Crippen molar-refractivity contribution in [3.8, 4) is 0 Å². The second-order valence-corrected chi connectivity index (χ2v) is 6.70. The third kappa shape index (κ3) is 3.53. The minimum absolute atomic E-state index is 0.145. The highest BCUT2D eigenvalue weighted by Gasteiger charge is 2.40. The average Bonchev–Trinajstić information content (AvgIpc) is 2.45. The Morgan fingerprint density at radius 3 is 2.50 bits per heavy atom. The van der Waals surface area contributed by atoms with Gasteiger partial charge in [0.1, 0.15) is 0 Å². The molecule has 2 rings (SSSR count). The molecular weight excluding hydrogens is 254 g/mol. The summed E-state index contributed by atoms with van der Waals surface area (Å²) in [5.74, 6) is -0.473. The van der Waals surface area contributed by atoms with Gasteiger partial charge >= 0.3 is 5.97 Å². The number of hydrogen-bond acceptors (Lipinski definition) is 2. The first kappa shape index (κ1) is 15.3. The van der Waals surface area contributed by atoms with E-state index in [-0.39, 0.29) is 23.8 Å². The Labute approximate surface area is 121 Å². The average molecular weight is 281 g/mol. The normalized spacial score (nSPS) is 26.2. The molecule has 1 aliphatic carbocycles. The highest BCUT2D eigenvalue weighted by Crippen LogP contribution is 2.39. The molecule has 1 saturated carbocycles. The van der Waals surface area contributed by atoms with Crippen molar-refractivity contribution in [1.82, 2.24) is 4.90 Å². The van der Waals surface area contributed by atoms with Gasteiger partial charge in [0.05, 0.1) is 0 Å². The van der Waals surface area contributed by atoms with E-state index in [2.05, 4.69) is 6.92 Å². The summed E-state index contributed by atoms with van der Waals surface area (Å²) in [7, 11) is 0. The molecule has 20 heavy (non-hydrogen) atoms. The van der Waals surface area contributed by atoms with E-state index in [1.807, 2.05) is 4.90 Å². The van der Waals surface area contributed by atoms with Gasteiger partial charge in [-0.15, -0.1) is 0 Å². The van der Waals surface area contributed by atoms with Crippen molar-refractivity contribution in [2.75, 3.05) is 6.54 Å². The van der Waals surface area contributed by atoms with Crippen LogP contribution < -0.4 is 0 Å². The van der Waals surface area contributed by atoms with Crippen LogP contribution in [0.3, 0.4) is 0 Å². The van der Waals surface area contributed by atoms with Gasteiger partial charge in [-0.2, -0.15) is 0 Å². The van der Waals surface area contributed by atoms with Crippen LogP contribution in [0.5, 0.6) is 0 Å². The molecule has 1 N–H and O–H groups in total. The lowest BCUT2D eigenvalue weighted by atomic mass is 9.74. The number of piperidine rings is 1. The van der Waals surface area contributed by atoms with E-state index < -0.39 is 5.97 Å². The molecule has 1 aliphatic heterocycles. The molecule has 0 radical (unpaired) electrons. The molecule has 0 bridgehead atoms. The molecule has 4 nitrogen and oxygen atoms in total. The summed E-state index contributed by atoms with van der Waals surface area (Å²) in [5.41, 5.74) is -0.197. The Morgan fingerprint density at radius 2 is 1.85 bits per heavy atom. The van der Waals surface area contributed by atoms with Gasteiger partial charge in [0.15, 0.2) is 0 Å². The molecule has 1 heterocycles. The van der Waals surface area contributed by atoms with Gasteiger partial charge in [-0.25, -0.2) is 0 Å². The lowest BCUT2D eigenvalue weighted by Gasteiger charge is -2.43. The summed E-state index contributed by atoms with van der Waals surface area (Å²) in [6, 6.07) is 0.145. The van der Waals surface area contributed by atoms with Gasteiger partial charge in [-0.1, -0.05) is 26.2 Å². The number of carbonyl (C=O) groups excluding carboxylic acids is 1. The maximum atomic E-state index is 12.9. The number of rotatable bonds is 4. The van der Waals surface area contributed by atoms with Crippen molar-refractivity contribution < 1.29 is 14.7 Å². The number of amides is 1. The number of nitrogens with zero attached hydrogens (tertiary/aromatic N) is 1. The van der Waals surface area contributed by atoms with Crippen LogP contribution in [-0.2, 0) is 9.59 Å². The summed E-state index contributed by atoms with van der Waals surface area (Å²) in [6.07, 6.45) is 9.45. The van der Waals surface area contributed by atoms with Crippen molar-refractivity contribution in [2.45, 2.75) is 77.2 Å². The van der Waals surface area contributed by atoms with Gasteiger partial charge in [0.2, 0.25) is 5.91 Å². The quantitative estimate of drug-likeness (QED) is 0.861. The molecular formula is C16H27NO3. The molecule has 0 aromatic rings. The zero-order valence-corrected chi connectivity index (χ0v) is 12.6. The highest BCUT2D eigenvalue weighted by atomic mass is 16.4. The molecule has 114 valence electrons. The topological polar surface area (TPSA) is 57.6 Å². The van der Waals surface area contributed by atoms with Crippen molar-refractivity contribution >= 4 is 11.9 Å². The first-order chi connectivity index (χ1) is 9.53. The molecule has 2 aliphatic rings. The number of hydrogen-bond donors (Lipinski definition) is 1. The van der Waals surface area contributed by atoms with Gasteiger partial charge in [-0.3, -0.25) is 9.59 Å². The van der Waals surface area contributed by atoms with Crippen molar-refractivity contribution in [3.63, 3.8) is 0 Å². The first-order valence-electron chi connectivity index (χ1n) is 8.06. The van der Waals surface area contributed by atoms with Crippen LogP contribution in [0, 0.1) is 5.41 Å². The van der Waals surface area contributed by atoms with E-state index >= 15 is 0 Å². The van der Waals surface area contributed by atoms with E-state index in [1.165, 1.54) is 6.42 Å². The standard InChI is InChI=1S/C16H27NO3/c1-16(10-4-2-5-11-16)15(20)17-12-6-3-7-13(17)8-9-14(18)19/h13H,2-12H2,1H3,(H,18,19). The molecule has 1 unspecified atom stereocenters. The van der Waals surface area contributed by atoms with Crippen LogP contribution in [-0.4, -0.2) is 34.5 Å². The van der Waals surface area contributed by atoms with E-state index in [9.17, 15) is 9.59 Å². The van der Waals surface area contributed by atoms with Gasteiger partial charge < -0.3 is 10.0 Å². The van der Waals surface area contributed by atoms with Crippen molar-refractivity contribution in [3.05, 3.63) is 0 Å². The van der Waals surface area contributed by atoms with Crippen LogP contribution in [0.15, 0.2) is 0 Å². The van der Waals surface area contributed by atoms with Crippen LogP contribution in [0.1, 0.15) is 71.1 Å². The molecule has 0 spiro atoms. The van der Waals surface area contributed by atoms with Crippen molar-refractivity contribution in [1.29, 1.82) is 0 Å². The second-order valence-electron chi connectivity index (χ2n) is 6.70. The minimum atomic E-state index is -0.758. The molecule has 1 atom stereocenters. The molecule has 0 aromatic carbocycles. The van der Waals surface area contributed by atoms with E-state index in [4.69, 9.17) is 5.11 Å². The second kappa shape index (κ2) is 6.59. The maximum Gasteiger partial charge on any atom is 0.303 e. The minimum Gasteiger partial charge on any atom is -0.481 e. The predicted octanol–water partition coefficient (Wildman–Crippen LogP) is 3.20. The summed E-state index contributed by atoms with van der Waals surface area (Å²) in [5, 5.41) is 8.86. The van der Waals surface area contributed by atoms with Gasteiger partial charge in [0, 0.05) is 24.4 Å². The summed E-state index contributed by atoms with van der Waals surface area (Å²) in [6.45, 7) is 2.93. The van der Waals surface area contributed by atoms with Crippen LogP contribution in [0.4, 0.5) is 0 Å². The fraction of sp³-hybridized carbons (Fsp3) is 0.875. The van der Waals surface area contributed by atoms with E-state index in [0.29, 0.717) is 6.42 Å². The maximum absolute atomic E-state index is 12.9. The number of carbonyl (C=O) groups is 2. The highest BCUT2D eigenvalue weighted by molar-refractivity contribution is 5.83. The Balaban J connectivity index is 2.02. The molecule has 1 amide bonds. The fourth-order valence-electron chi connectivity index (χ4n) is 3.75. The Morgan fingerprint density at radius 1 is 1.15 bits per heavy atom. The molecule has 4 heteroatoms. The van der Waals surface area contributed by atoms with Crippen LogP contribution in [0.25, 0.3) is 0 Å². The number of carboxylic acids is 1. The summed E-state index contributed by atoms with van der Waals surface area (Å²) >= 11 is 0. The molecule has 1 saturated heterocycles. The van der Waals surface area contributed by atoms with Crippen molar-refractivity contribution in [2.24, 2.45) is 5.41 Å². The Bertz CT molecular complexity index is 361. The van der Waals surface area contributed by atoms with Gasteiger partial charge in [0.25, 0.3) is 0 Å². The number of likely N-dealkylation sites (tertiary alicyclic amines) is 1. The largest absolute Gasteiger partial charge is 0.481 e. The fourth-order valence-corrected chi connectivity index (χ4v) is 3.75. The van der Waals surface area contributed by atoms with E-state index in [0.717, 1.165) is 51.5 Å². The smallest absolute Gasteiger partial charge is 0.303 e. The van der Waals surface area contributed by atoms with E-state index in [1.54, 1.807) is 0 Å². The lowest BCUT2D eigenvalue weighted by Crippen LogP contribution is -2.50. The zero-order valence-electron chi connectivity index (χ0n) is 12.6. The Hall–Kier alpha value is -1.06. The summed E-state index contributed by atoms with van der Waals surface area (Å²) in [4.78, 5) is 25.7. The Kier molecular flexibility index (Phi) is 5.06. The summed E-state index contributed by atoms with van der Waals surface area (Å²) < 4.78 is 0. The van der Waals surface area contributed by atoms with Gasteiger partial charge in [-0.05, 0) is 38.5 Å². The third-order valence-corrected chi connectivity index (χ3v) is 5.05. The van der Waals surface area contributed by atoms with Crippen LogP contribution in [0.2, 0.25) is 0 Å². The number of carboxylic acid groups (broad SMARTS) is 1. The van der Waals surface area contributed by atoms with Crippen LogP contribution >= 0.6 is 0 Å². The predicted molar refractivity (Wildman–Crippen MR) is 77.4 cm³/mol. The molecule has 2 fully saturated rings.